The first-order valence-corrected chi connectivity index (χ1v) is 11.0. The monoisotopic (exact) mass is 469 g/mol. The van der Waals surface area contributed by atoms with Crippen molar-refractivity contribution in [1.82, 2.24) is 15.6 Å². The second kappa shape index (κ2) is 12.4. The molecule has 2 unspecified atom stereocenters. The van der Waals surface area contributed by atoms with Crippen LogP contribution in [0.3, 0.4) is 0 Å². The number of ether oxygens (including phenoxy) is 1. The number of benzene rings is 1. The maximum absolute atomic E-state index is 13.4. The van der Waals surface area contributed by atoms with Gasteiger partial charge in [-0.2, -0.15) is 0 Å². The van der Waals surface area contributed by atoms with Crippen LogP contribution in [0.1, 0.15) is 35.3 Å². The fourth-order valence-electron chi connectivity index (χ4n) is 2.57. The van der Waals surface area contributed by atoms with Gasteiger partial charge in [-0.1, -0.05) is 24.6 Å². The number of carbonyl (C=O) groups excluding carboxylic acids is 2. The third-order valence-electron chi connectivity index (χ3n) is 4.17. The van der Waals surface area contributed by atoms with Crippen molar-refractivity contribution < 1.29 is 23.8 Å². The van der Waals surface area contributed by atoms with E-state index in [1.807, 2.05) is 6.92 Å². The van der Waals surface area contributed by atoms with Crippen molar-refractivity contribution in [2.75, 3.05) is 13.2 Å². The molecule has 2 rings (SSSR count). The molecule has 0 aliphatic rings. The summed E-state index contributed by atoms with van der Waals surface area (Å²) in [5.74, 6) is -1.31. The minimum absolute atomic E-state index is 0.0417. The highest BCUT2D eigenvalue weighted by Crippen LogP contribution is 2.20. The zero-order chi connectivity index (χ0) is 22.8. The smallest absolute Gasteiger partial charge is 0.271 e. The van der Waals surface area contributed by atoms with E-state index in [-0.39, 0.29) is 36.3 Å². The molecule has 1 aromatic carbocycles. The van der Waals surface area contributed by atoms with Crippen molar-refractivity contribution in [2.24, 2.45) is 0 Å². The molecular formula is C21H25ClFN3O4S. The predicted molar refractivity (Wildman–Crippen MR) is 118 cm³/mol. The van der Waals surface area contributed by atoms with Crippen LogP contribution in [0.4, 0.5) is 4.39 Å². The average Bonchev–Trinajstić information content (AvgIpc) is 3.21. The average molecular weight is 470 g/mol. The van der Waals surface area contributed by atoms with Gasteiger partial charge in [-0.25, -0.2) is 9.37 Å². The summed E-state index contributed by atoms with van der Waals surface area (Å²) < 4.78 is 18.5. The molecule has 1 aromatic heterocycles. The highest BCUT2D eigenvalue weighted by molar-refractivity contribution is 7.09. The summed E-state index contributed by atoms with van der Waals surface area (Å²) in [5, 5.41) is 18.0. The molecule has 0 fully saturated rings. The lowest BCUT2D eigenvalue weighted by molar-refractivity contribution is -0.123. The molecule has 2 atom stereocenters. The Morgan fingerprint density at radius 2 is 2.23 bits per heavy atom. The Morgan fingerprint density at radius 3 is 2.90 bits per heavy atom. The highest BCUT2D eigenvalue weighted by atomic mass is 35.5. The number of hydrogen-bond acceptors (Lipinski definition) is 6. The van der Waals surface area contributed by atoms with Crippen LogP contribution in [0.2, 0.25) is 5.02 Å². The van der Waals surface area contributed by atoms with Crippen molar-refractivity contribution in [1.29, 1.82) is 0 Å². The summed E-state index contributed by atoms with van der Waals surface area (Å²) in [6.07, 6.45) is 2.51. The van der Waals surface area contributed by atoms with Crippen LogP contribution in [0.25, 0.3) is 0 Å². The Bertz CT molecular complexity index is 909. The molecule has 0 aliphatic carbocycles. The van der Waals surface area contributed by atoms with Gasteiger partial charge in [-0.15, -0.1) is 17.9 Å². The van der Waals surface area contributed by atoms with Gasteiger partial charge in [0.2, 0.25) is 0 Å². The number of aliphatic hydroxyl groups is 1. The number of hydrogen-bond donors (Lipinski definition) is 3. The van der Waals surface area contributed by atoms with E-state index in [0.29, 0.717) is 5.69 Å². The molecule has 1 heterocycles. The number of amides is 2. The van der Waals surface area contributed by atoms with Gasteiger partial charge in [0.1, 0.15) is 17.3 Å². The Labute approximate surface area is 189 Å². The number of nitrogens with zero attached hydrogens (tertiary/aromatic N) is 1. The Balaban J connectivity index is 1.74. The molecule has 0 bridgehead atoms. The molecule has 0 aliphatic heterocycles. The topological polar surface area (TPSA) is 101 Å². The van der Waals surface area contributed by atoms with Gasteiger partial charge in [0, 0.05) is 24.0 Å². The molecule has 31 heavy (non-hydrogen) atoms. The second-order valence-corrected chi connectivity index (χ2v) is 8.10. The normalized spacial score (nSPS) is 12.6. The summed E-state index contributed by atoms with van der Waals surface area (Å²) in [4.78, 5) is 28.5. The van der Waals surface area contributed by atoms with Crippen molar-refractivity contribution >= 4 is 34.8 Å². The number of thiazole rings is 1. The summed E-state index contributed by atoms with van der Waals surface area (Å²) in [6, 6.07) is 3.35. The van der Waals surface area contributed by atoms with Gasteiger partial charge in [-0.05, 0) is 31.4 Å². The molecule has 2 aromatic rings. The molecule has 3 N–H and O–H groups in total. The summed E-state index contributed by atoms with van der Waals surface area (Å²) in [7, 11) is 0. The van der Waals surface area contributed by atoms with Crippen LogP contribution in [0.5, 0.6) is 5.75 Å². The second-order valence-electron chi connectivity index (χ2n) is 6.75. The number of rotatable bonds is 12. The highest BCUT2D eigenvalue weighted by Gasteiger charge is 2.18. The number of nitrogens with one attached hydrogen (secondary N) is 2. The van der Waals surface area contributed by atoms with E-state index in [0.717, 1.165) is 23.9 Å². The molecule has 10 heteroatoms. The van der Waals surface area contributed by atoms with E-state index < -0.39 is 23.9 Å². The van der Waals surface area contributed by atoms with Crippen LogP contribution in [-0.2, 0) is 11.2 Å². The molecule has 2 amide bonds. The van der Waals surface area contributed by atoms with Gasteiger partial charge in [-0.3, -0.25) is 9.59 Å². The maximum Gasteiger partial charge on any atom is 0.271 e. The van der Waals surface area contributed by atoms with Crippen LogP contribution < -0.4 is 15.4 Å². The van der Waals surface area contributed by atoms with Crippen molar-refractivity contribution in [3.8, 4) is 5.75 Å². The van der Waals surface area contributed by atoms with Crippen LogP contribution in [0.15, 0.2) is 36.2 Å². The Hall–Kier alpha value is -2.49. The summed E-state index contributed by atoms with van der Waals surface area (Å²) >= 11 is 7.02. The fourth-order valence-corrected chi connectivity index (χ4v) is 3.57. The van der Waals surface area contributed by atoms with E-state index in [4.69, 9.17) is 16.3 Å². The van der Waals surface area contributed by atoms with Gasteiger partial charge in [0.05, 0.1) is 16.1 Å². The molecule has 7 nitrogen and oxygen atoms in total. The van der Waals surface area contributed by atoms with Gasteiger partial charge >= 0.3 is 0 Å². The lowest BCUT2D eigenvalue weighted by Crippen LogP contribution is -2.40. The Morgan fingerprint density at radius 1 is 1.45 bits per heavy atom. The molecule has 0 radical (unpaired) electrons. The zero-order valence-electron chi connectivity index (χ0n) is 17.1. The number of carbonyl (C=O) groups is 2. The molecule has 0 spiro atoms. The van der Waals surface area contributed by atoms with Gasteiger partial charge in [0.25, 0.3) is 11.8 Å². The Kier molecular flexibility index (Phi) is 9.90. The van der Waals surface area contributed by atoms with E-state index in [1.165, 1.54) is 29.5 Å². The number of halogens is 2. The van der Waals surface area contributed by atoms with Crippen molar-refractivity contribution in [2.45, 2.75) is 38.3 Å². The van der Waals surface area contributed by atoms with E-state index in [2.05, 4.69) is 22.2 Å². The quantitative estimate of drug-likeness (QED) is 0.415. The lowest BCUT2D eigenvalue weighted by atomic mass is 10.1. The minimum Gasteiger partial charge on any atom is -0.484 e. The van der Waals surface area contributed by atoms with Gasteiger partial charge < -0.3 is 20.5 Å². The van der Waals surface area contributed by atoms with Crippen molar-refractivity contribution in [3.05, 3.63) is 57.8 Å². The van der Waals surface area contributed by atoms with E-state index in [1.54, 1.807) is 5.38 Å². The van der Waals surface area contributed by atoms with E-state index >= 15 is 0 Å². The molecule has 168 valence electrons. The van der Waals surface area contributed by atoms with Crippen molar-refractivity contribution in [3.63, 3.8) is 0 Å². The zero-order valence-corrected chi connectivity index (χ0v) is 18.6. The van der Waals surface area contributed by atoms with Crippen LogP contribution >= 0.6 is 22.9 Å². The number of aryl methyl sites for hydroxylation is 1. The van der Waals surface area contributed by atoms with E-state index in [9.17, 15) is 19.1 Å². The number of aliphatic hydroxyl groups excluding tert-OH is 1. The summed E-state index contributed by atoms with van der Waals surface area (Å²) in [6.45, 7) is 5.32. The molecule has 0 saturated carbocycles. The predicted octanol–water partition coefficient (Wildman–Crippen LogP) is 3.12. The fraction of sp³-hybridized carbons (Fsp3) is 0.381. The molecular weight excluding hydrogens is 445 g/mol. The van der Waals surface area contributed by atoms with Crippen LogP contribution in [-0.4, -0.2) is 47.2 Å². The first kappa shape index (κ1) is 24.8. The third kappa shape index (κ3) is 8.28. The molecule has 0 saturated heterocycles. The standard InChI is InChI=1S/C21H25ClFN3O4S/c1-3-5-20-26-18(12-31-20)21(29)25-13(4-2)8-14(27)10-24-19(28)11-30-15-6-7-16(22)17(23)9-15/h4,6-7,9,12-14,27H,2-3,5,8,10-11H2,1H3,(H,24,28)(H,25,29). The van der Waals surface area contributed by atoms with Crippen LogP contribution in [0, 0.1) is 5.82 Å². The maximum atomic E-state index is 13.4. The van der Waals surface area contributed by atoms with Gasteiger partial charge in [0.15, 0.2) is 6.61 Å². The summed E-state index contributed by atoms with van der Waals surface area (Å²) in [5.41, 5.74) is 0.332. The first-order chi connectivity index (χ1) is 14.8. The largest absolute Gasteiger partial charge is 0.484 e. The third-order valence-corrected chi connectivity index (χ3v) is 5.39. The SMILES string of the molecule is C=CC(CC(O)CNC(=O)COc1ccc(Cl)c(F)c1)NC(=O)c1csc(CCC)n1. The first-order valence-electron chi connectivity index (χ1n) is 9.72. The lowest BCUT2D eigenvalue weighted by Gasteiger charge is -2.18. The number of aromatic nitrogens is 1. The minimum atomic E-state index is -0.925.